The number of nitrogens with one attached hydrogen (secondary N) is 2. The van der Waals surface area contributed by atoms with Crippen LogP contribution in [-0.4, -0.2) is 45.0 Å². The van der Waals surface area contributed by atoms with Crippen LogP contribution in [0.2, 0.25) is 10.0 Å². The van der Waals surface area contributed by atoms with Gasteiger partial charge in [0.25, 0.3) is 10.0 Å². The molecular weight excluding hydrogens is 536 g/mol. The van der Waals surface area contributed by atoms with E-state index in [1.165, 1.54) is 24.3 Å². The number of likely N-dealkylation sites (tertiary alicyclic amines) is 1. The summed E-state index contributed by atoms with van der Waals surface area (Å²) in [7, 11) is -1.85. The molecule has 37 heavy (non-hydrogen) atoms. The second-order valence-electron chi connectivity index (χ2n) is 9.34. The molecule has 1 aromatic heterocycles. The van der Waals surface area contributed by atoms with Crippen molar-refractivity contribution in [3.05, 3.63) is 88.3 Å². The molecule has 3 aromatic carbocycles. The van der Waals surface area contributed by atoms with Gasteiger partial charge in [-0.05, 0) is 67.9 Å². The lowest BCUT2D eigenvalue weighted by atomic mass is 9.81. The minimum Gasteiger partial charge on any atom is -0.493 e. The lowest BCUT2D eigenvalue weighted by Crippen LogP contribution is -2.39. The van der Waals surface area contributed by atoms with Crippen molar-refractivity contribution < 1.29 is 17.5 Å². The first kappa shape index (κ1) is 25.9. The van der Waals surface area contributed by atoms with Crippen LogP contribution in [0.1, 0.15) is 17.9 Å². The fourth-order valence-electron chi connectivity index (χ4n) is 4.92. The predicted molar refractivity (Wildman–Crippen MR) is 146 cm³/mol. The van der Waals surface area contributed by atoms with Crippen molar-refractivity contribution in [2.24, 2.45) is 5.92 Å². The molecule has 10 heteroatoms. The molecule has 6 nitrogen and oxygen atoms in total. The monoisotopic (exact) mass is 561 g/mol. The molecule has 2 atom stereocenters. The molecule has 5 rings (SSSR count). The van der Waals surface area contributed by atoms with Crippen molar-refractivity contribution in [1.82, 2.24) is 9.88 Å². The van der Waals surface area contributed by atoms with E-state index >= 15 is 0 Å². The maximum Gasteiger partial charge on any atom is 0.262 e. The van der Waals surface area contributed by atoms with Crippen LogP contribution < -0.4 is 9.46 Å². The van der Waals surface area contributed by atoms with Crippen LogP contribution in [0.15, 0.2) is 71.8 Å². The molecule has 0 bridgehead atoms. The highest BCUT2D eigenvalue weighted by Gasteiger charge is 2.30. The molecule has 0 amide bonds. The molecule has 2 heterocycles. The number of aromatic nitrogens is 1. The van der Waals surface area contributed by atoms with E-state index in [2.05, 4.69) is 21.7 Å². The summed E-state index contributed by atoms with van der Waals surface area (Å²) in [5.41, 5.74) is 1.93. The van der Waals surface area contributed by atoms with Crippen molar-refractivity contribution in [1.29, 1.82) is 0 Å². The number of anilines is 1. The molecule has 0 saturated carbocycles. The van der Waals surface area contributed by atoms with Gasteiger partial charge in [-0.2, -0.15) is 0 Å². The van der Waals surface area contributed by atoms with Crippen molar-refractivity contribution in [2.75, 3.05) is 31.5 Å². The number of fused-ring (bicyclic) bond motifs is 1. The van der Waals surface area contributed by atoms with Crippen LogP contribution >= 0.6 is 23.2 Å². The van der Waals surface area contributed by atoms with Crippen molar-refractivity contribution in [2.45, 2.75) is 17.2 Å². The highest BCUT2D eigenvalue weighted by molar-refractivity contribution is 7.92. The lowest BCUT2D eigenvalue weighted by molar-refractivity contribution is 0.129. The highest BCUT2D eigenvalue weighted by Crippen LogP contribution is 2.36. The van der Waals surface area contributed by atoms with Gasteiger partial charge in [-0.15, -0.1) is 0 Å². The molecule has 1 fully saturated rings. The standard InChI is InChI=1S/C27H26Cl2FN3O3S/c1-33-12-11-22(17-5-7-19(30)8-6-17)18(15-33)16-36-20-3-2-4-21(13-20)37(34,35)32-25-10-9-23(28)26-24(29)14-31-27(25)26/h2-10,13-14,18,22,31-32H,11-12,15-16H2,1H3/t18-,22-/m0/s1. The summed E-state index contributed by atoms with van der Waals surface area (Å²) in [4.78, 5) is 5.29. The van der Waals surface area contributed by atoms with Crippen LogP contribution in [0.5, 0.6) is 5.75 Å². The third-order valence-electron chi connectivity index (χ3n) is 6.80. The third-order valence-corrected chi connectivity index (χ3v) is 8.77. The number of nitrogens with zero attached hydrogens (tertiary/aromatic N) is 1. The molecule has 0 radical (unpaired) electrons. The molecule has 0 aliphatic carbocycles. The van der Waals surface area contributed by atoms with E-state index in [1.54, 1.807) is 30.5 Å². The maximum atomic E-state index is 13.4. The largest absolute Gasteiger partial charge is 0.493 e. The molecule has 1 saturated heterocycles. The van der Waals surface area contributed by atoms with E-state index < -0.39 is 10.0 Å². The maximum absolute atomic E-state index is 13.4. The Bertz CT molecular complexity index is 1530. The number of halogens is 3. The van der Waals surface area contributed by atoms with Gasteiger partial charge in [0.1, 0.15) is 11.6 Å². The first-order chi connectivity index (χ1) is 17.7. The second-order valence-corrected chi connectivity index (χ2v) is 11.8. The Morgan fingerprint density at radius 1 is 1.11 bits per heavy atom. The quantitative estimate of drug-likeness (QED) is 0.269. The predicted octanol–water partition coefficient (Wildman–Crippen LogP) is 6.53. The van der Waals surface area contributed by atoms with E-state index in [1.807, 2.05) is 12.1 Å². The average Bonchev–Trinajstić information content (AvgIpc) is 3.28. The minimum atomic E-state index is -3.92. The average molecular weight is 562 g/mol. The van der Waals surface area contributed by atoms with E-state index in [-0.39, 0.29) is 22.5 Å². The smallest absolute Gasteiger partial charge is 0.262 e. The van der Waals surface area contributed by atoms with Crippen molar-refractivity contribution in [3.8, 4) is 5.75 Å². The van der Waals surface area contributed by atoms with Gasteiger partial charge in [-0.3, -0.25) is 4.72 Å². The van der Waals surface area contributed by atoms with E-state index in [4.69, 9.17) is 27.9 Å². The Kier molecular flexibility index (Phi) is 7.36. The molecule has 4 aromatic rings. The zero-order chi connectivity index (χ0) is 26.2. The Morgan fingerprint density at radius 2 is 1.89 bits per heavy atom. The summed E-state index contributed by atoms with van der Waals surface area (Å²) in [6.45, 7) is 2.18. The van der Waals surface area contributed by atoms with Crippen LogP contribution in [-0.2, 0) is 10.0 Å². The highest BCUT2D eigenvalue weighted by atomic mass is 35.5. The number of aromatic amines is 1. The minimum absolute atomic E-state index is 0.0709. The number of piperidine rings is 1. The number of ether oxygens (including phenoxy) is 1. The van der Waals surface area contributed by atoms with Gasteiger partial charge in [0, 0.05) is 30.1 Å². The molecule has 194 valence electrons. The van der Waals surface area contributed by atoms with E-state index in [9.17, 15) is 12.8 Å². The van der Waals surface area contributed by atoms with Crippen molar-refractivity contribution in [3.63, 3.8) is 0 Å². The zero-order valence-electron chi connectivity index (χ0n) is 20.0. The van der Waals surface area contributed by atoms with Gasteiger partial charge in [0.2, 0.25) is 0 Å². The number of H-pyrrole nitrogens is 1. The fourth-order valence-corrected chi connectivity index (χ4v) is 6.59. The topological polar surface area (TPSA) is 74.4 Å². The van der Waals surface area contributed by atoms with Gasteiger partial charge in [0.15, 0.2) is 0 Å². The first-order valence-electron chi connectivity index (χ1n) is 11.9. The second kappa shape index (κ2) is 10.5. The van der Waals surface area contributed by atoms with Gasteiger partial charge in [-0.25, -0.2) is 12.8 Å². The number of rotatable bonds is 7. The van der Waals surface area contributed by atoms with Gasteiger partial charge >= 0.3 is 0 Å². The normalized spacial score (nSPS) is 18.7. The molecule has 1 aliphatic heterocycles. The van der Waals surface area contributed by atoms with Gasteiger partial charge in [0.05, 0.1) is 32.8 Å². The summed E-state index contributed by atoms with van der Waals surface area (Å²) >= 11 is 12.4. The number of hydrogen-bond donors (Lipinski definition) is 2. The Balaban J connectivity index is 1.33. The summed E-state index contributed by atoms with van der Waals surface area (Å²) < 4.78 is 48.6. The SMILES string of the molecule is CN1CC[C@@H](c2ccc(F)cc2)[C@H](COc2cccc(S(=O)(=O)Nc3ccc(Cl)c4c(Cl)c[nH]c34)c2)C1. The zero-order valence-corrected chi connectivity index (χ0v) is 22.4. The third kappa shape index (κ3) is 5.57. The molecule has 1 aliphatic rings. The van der Waals surface area contributed by atoms with Crippen LogP contribution in [0.25, 0.3) is 10.9 Å². The number of benzene rings is 3. The van der Waals surface area contributed by atoms with Crippen LogP contribution in [0.3, 0.4) is 0 Å². The fraction of sp³-hybridized carbons (Fsp3) is 0.259. The summed E-state index contributed by atoms with van der Waals surface area (Å²) in [5.74, 6) is 0.598. The lowest BCUT2D eigenvalue weighted by Gasteiger charge is -2.37. The van der Waals surface area contributed by atoms with Crippen LogP contribution in [0, 0.1) is 11.7 Å². The van der Waals surface area contributed by atoms with Crippen molar-refractivity contribution >= 4 is 49.8 Å². The van der Waals surface area contributed by atoms with Gasteiger partial charge < -0.3 is 14.6 Å². The Labute approximate surface area is 225 Å². The van der Waals surface area contributed by atoms with E-state index in [0.29, 0.717) is 39.0 Å². The Hall–Kier alpha value is -2.78. The Morgan fingerprint density at radius 3 is 2.68 bits per heavy atom. The molecular formula is C27H26Cl2FN3O3S. The first-order valence-corrected chi connectivity index (χ1v) is 14.1. The molecule has 0 spiro atoms. The summed E-state index contributed by atoms with van der Waals surface area (Å²) in [6.07, 6.45) is 2.50. The molecule has 0 unspecified atom stereocenters. The molecule has 2 N–H and O–H groups in total. The van der Waals surface area contributed by atoms with Gasteiger partial charge in [-0.1, -0.05) is 41.4 Å². The number of hydrogen-bond acceptors (Lipinski definition) is 4. The summed E-state index contributed by atoms with van der Waals surface area (Å²) in [5, 5.41) is 1.38. The number of sulfonamides is 1. The summed E-state index contributed by atoms with van der Waals surface area (Å²) in [6, 6.07) is 16.2. The van der Waals surface area contributed by atoms with E-state index in [0.717, 1.165) is 25.1 Å². The van der Waals surface area contributed by atoms with Crippen LogP contribution in [0.4, 0.5) is 10.1 Å².